The molecular formula is C22H18O2. The van der Waals surface area contributed by atoms with E-state index >= 15 is 0 Å². The van der Waals surface area contributed by atoms with E-state index in [0.717, 1.165) is 12.8 Å². The molecule has 0 N–H and O–H groups in total. The van der Waals surface area contributed by atoms with Crippen LogP contribution in [0.2, 0.25) is 0 Å². The summed E-state index contributed by atoms with van der Waals surface area (Å²) in [6, 6.07) is 19.6. The van der Waals surface area contributed by atoms with E-state index in [1.165, 1.54) is 44.0 Å². The zero-order valence-electron chi connectivity index (χ0n) is 13.4. The van der Waals surface area contributed by atoms with Gasteiger partial charge in [0.1, 0.15) is 0 Å². The van der Waals surface area contributed by atoms with Crippen molar-refractivity contribution in [2.45, 2.75) is 12.8 Å². The van der Waals surface area contributed by atoms with Crippen molar-refractivity contribution in [2.75, 3.05) is 6.61 Å². The number of carbonyl (C=O) groups excluding carboxylic acids is 1. The topological polar surface area (TPSA) is 26.3 Å². The van der Waals surface area contributed by atoms with Crippen molar-refractivity contribution < 1.29 is 9.53 Å². The number of benzene rings is 4. The Bertz CT molecular complexity index is 1030. The van der Waals surface area contributed by atoms with Crippen molar-refractivity contribution in [1.29, 1.82) is 0 Å². The van der Waals surface area contributed by atoms with Gasteiger partial charge in [0.15, 0.2) is 0 Å². The van der Waals surface area contributed by atoms with E-state index in [1.807, 2.05) is 0 Å². The lowest BCUT2D eigenvalue weighted by molar-refractivity contribution is -0.137. The van der Waals surface area contributed by atoms with E-state index < -0.39 is 0 Å². The van der Waals surface area contributed by atoms with Crippen LogP contribution in [0.3, 0.4) is 0 Å². The van der Waals surface area contributed by atoms with Gasteiger partial charge in [-0.2, -0.15) is 0 Å². The zero-order chi connectivity index (χ0) is 16.5. The first kappa shape index (κ1) is 14.7. The third-order valence-electron chi connectivity index (χ3n) is 4.62. The molecule has 0 atom stereocenters. The average Bonchev–Trinajstić information content (AvgIpc) is 2.63. The Hall–Kier alpha value is -2.87. The fourth-order valence-electron chi connectivity index (χ4n) is 3.51. The molecule has 118 valence electrons. The molecule has 0 spiro atoms. The summed E-state index contributed by atoms with van der Waals surface area (Å²) in [6.45, 7) is 3.83. The first-order chi connectivity index (χ1) is 11.8. The van der Waals surface area contributed by atoms with Gasteiger partial charge in [0, 0.05) is 6.08 Å². The van der Waals surface area contributed by atoms with E-state index in [4.69, 9.17) is 4.74 Å². The van der Waals surface area contributed by atoms with Crippen molar-refractivity contribution in [3.63, 3.8) is 0 Å². The van der Waals surface area contributed by atoms with Crippen LogP contribution in [0.15, 0.2) is 67.3 Å². The number of esters is 1. The highest BCUT2D eigenvalue weighted by Gasteiger charge is 2.10. The number of aryl methyl sites for hydroxylation is 1. The second-order valence-corrected chi connectivity index (χ2v) is 6.06. The standard InChI is InChI=1S/C22H18O2/c1-2-20(23)24-14-4-7-15-8-9-18-11-10-16-5-3-6-17-12-13-19(15)22(18)21(16)17/h2-3,5-6,8-13H,1,4,7,14H2. The van der Waals surface area contributed by atoms with Gasteiger partial charge in [-0.3, -0.25) is 0 Å². The lowest BCUT2D eigenvalue weighted by atomic mass is 9.91. The smallest absolute Gasteiger partial charge is 0.330 e. The van der Waals surface area contributed by atoms with Gasteiger partial charge in [-0.1, -0.05) is 61.2 Å². The highest BCUT2D eigenvalue weighted by atomic mass is 16.5. The maximum atomic E-state index is 11.1. The molecule has 0 aliphatic heterocycles. The number of ether oxygens (including phenoxy) is 1. The van der Waals surface area contributed by atoms with Crippen LogP contribution in [0.4, 0.5) is 0 Å². The maximum Gasteiger partial charge on any atom is 0.330 e. The van der Waals surface area contributed by atoms with Crippen molar-refractivity contribution in [2.24, 2.45) is 0 Å². The maximum absolute atomic E-state index is 11.1. The lowest BCUT2D eigenvalue weighted by Gasteiger charge is -2.13. The highest BCUT2D eigenvalue weighted by molar-refractivity contribution is 6.23. The second kappa shape index (κ2) is 5.97. The van der Waals surface area contributed by atoms with Gasteiger partial charge in [-0.05, 0) is 50.7 Å². The molecule has 24 heavy (non-hydrogen) atoms. The molecule has 0 saturated carbocycles. The number of hydrogen-bond donors (Lipinski definition) is 0. The molecule has 0 aliphatic carbocycles. The Labute approximate surface area is 140 Å². The number of carbonyl (C=O) groups is 1. The normalized spacial score (nSPS) is 11.3. The van der Waals surface area contributed by atoms with Crippen molar-refractivity contribution in [1.82, 2.24) is 0 Å². The van der Waals surface area contributed by atoms with Crippen molar-refractivity contribution in [3.05, 3.63) is 72.8 Å². The molecule has 0 bridgehead atoms. The minimum atomic E-state index is -0.356. The summed E-state index contributed by atoms with van der Waals surface area (Å²) < 4.78 is 5.08. The first-order valence-electron chi connectivity index (χ1n) is 8.22. The highest BCUT2D eigenvalue weighted by Crippen LogP contribution is 2.36. The minimum Gasteiger partial charge on any atom is -0.463 e. The molecule has 2 heteroatoms. The SMILES string of the molecule is C=CC(=O)OCCCc1ccc2ccc3cccc4ccc1c2c34. The fourth-order valence-corrected chi connectivity index (χ4v) is 3.51. The molecule has 0 radical (unpaired) electrons. The molecule has 0 unspecified atom stereocenters. The Morgan fingerprint density at radius 3 is 2.33 bits per heavy atom. The van der Waals surface area contributed by atoms with E-state index in [0.29, 0.717) is 6.61 Å². The van der Waals surface area contributed by atoms with Gasteiger partial charge in [-0.15, -0.1) is 0 Å². The number of rotatable bonds is 5. The molecule has 0 fully saturated rings. The molecular weight excluding hydrogens is 296 g/mol. The van der Waals surface area contributed by atoms with E-state index in [9.17, 15) is 4.79 Å². The zero-order valence-corrected chi connectivity index (χ0v) is 13.4. The molecule has 0 aromatic heterocycles. The minimum absolute atomic E-state index is 0.356. The van der Waals surface area contributed by atoms with Crippen LogP contribution in [-0.2, 0) is 16.0 Å². The second-order valence-electron chi connectivity index (χ2n) is 6.06. The quantitative estimate of drug-likeness (QED) is 0.218. The summed E-state index contributed by atoms with van der Waals surface area (Å²) in [5.74, 6) is -0.356. The van der Waals surface area contributed by atoms with Crippen LogP contribution in [-0.4, -0.2) is 12.6 Å². The van der Waals surface area contributed by atoms with Gasteiger partial charge in [0.25, 0.3) is 0 Å². The monoisotopic (exact) mass is 314 g/mol. The van der Waals surface area contributed by atoms with E-state index in [2.05, 4.69) is 61.2 Å². The molecule has 2 nitrogen and oxygen atoms in total. The Morgan fingerprint density at radius 2 is 1.58 bits per heavy atom. The molecule has 0 saturated heterocycles. The van der Waals surface area contributed by atoms with Gasteiger partial charge >= 0.3 is 5.97 Å². The summed E-state index contributed by atoms with van der Waals surface area (Å²) in [4.78, 5) is 11.1. The van der Waals surface area contributed by atoms with Crippen LogP contribution in [0.1, 0.15) is 12.0 Å². The Kier molecular flexibility index (Phi) is 3.66. The van der Waals surface area contributed by atoms with E-state index in [-0.39, 0.29) is 5.97 Å². The largest absolute Gasteiger partial charge is 0.463 e. The van der Waals surface area contributed by atoms with Crippen LogP contribution >= 0.6 is 0 Å². The lowest BCUT2D eigenvalue weighted by Crippen LogP contribution is -2.03. The van der Waals surface area contributed by atoms with Crippen molar-refractivity contribution in [3.8, 4) is 0 Å². The summed E-state index contributed by atoms with van der Waals surface area (Å²) in [5, 5.41) is 7.81. The third-order valence-corrected chi connectivity index (χ3v) is 4.62. The fraction of sp³-hybridized carbons (Fsp3) is 0.136. The summed E-state index contributed by atoms with van der Waals surface area (Å²) in [5.41, 5.74) is 1.30. The van der Waals surface area contributed by atoms with Gasteiger partial charge in [0.2, 0.25) is 0 Å². The van der Waals surface area contributed by atoms with Gasteiger partial charge in [0.05, 0.1) is 6.61 Å². The average molecular weight is 314 g/mol. The van der Waals surface area contributed by atoms with Gasteiger partial charge in [-0.25, -0.2) is 4.79 Å². The molecule has 4 aromatic rings. The molecule has 0 aliphatic rings. The summed E-state index contributed by atoms with van der Waals surface area (Å²) >= 11 is 0. The molecule has 4 aromatic carbocycles. The number of hydrogen-bond acceptors (Lipinski definition) is 2. The van der Waals surface area contributed by atoms with E-state index in [1.54, 1.807) is 0 Å². The predicted octanol–water partition coefficient (Wildman–Crippen LogP) is 5.25. The van der Waals surface area contributed by atoms with Crippen molar-refractivity contribution >= 4 is 38.3 Å². The molecule has 0 heterocycles. The van der Waals surface area contributed by atoms with Crippen LogP contribution in [0, 0.1) is 0 Å². The van der Waals surface area contributed by atoms with Gasteiger partial charge < -0.3 is 4.74 Å². The van der Waals surface area contributed by atoms with Crippen LogP contribution in [0.25, 0.3) is 32.3 Å². The Balaban J connectivity index is 1.74. The van der Waals surface area contributed by atoms with Crippen LogP contribution < -0.4 is 0 Å². The summed E-state index contributed by atoms with van der Waals surface area (Å²) in [7, 11) is 0. The molecule has 4 rings (SSSR count). The Morgan fingerprint density at radius 1 is 0.917 bits per heavy atom. The summed E-state index contributed by atoms with van der Waals surface area (Å²) in [6.07, 6.45) is 2.90. The van der Waals surface area contributed by atoms with Crippen LogP contribution in [0.5, 0.6) is 0 Å². The molecule has 0 amide bonds. The first-order valence-corrected chi connectivity index (χ1v) is 8.22. The predicted molar refractivity (Wildman–Crippen MR) is 99.6 cm³/mol. The third kappa shape index (κ3) is 2.41.